The van der Waals surface area contributed by atoms with Gasteiger partial charge in [0.15, 0.2) is 0 Å². The molecule has 5 nitrogen and oxygen atoms in total. The number of imide groups is 1. The van der Waals surface area contributed by atoms with Crippen LogP contribution in [0.3, 0.4) is 0 Å². The molecular formula is C19H21NO4. The molecule has 0 N–H and O–H groups in total. The van der Waals surface area contributed by atoms with Crippen LogP contribution in [0.25, 0.3) is 0 Å². The van der Waals surface area contributed by atoms with Gasteiger partial charge in [0.25, 0.3) is 0 Å². The van der Waals surface area contributed by atoms with Crippen LogP contribution < -0.4 is 4.90 Å². The summed E-state index contributed by atoms with van der Waals surface area (Å²) in [6.45, 7) is 6.10. The molecule has 24 heavy (non-hydrogen) atoms. The smallest absolute Gasteiger partial charge is 0.338 e. The highest BCUT2D eigenvalue weighted by atomic mass is 16.5. The van der Waals surface area contributed by atoms with Gasteiger partial charge in [-0.25, -0.2) is 4.79 Å². The van der Waals surface area contributed by atoms with Gasteiger partial charge in [-0.1, -0.05) is 11.1 Å². The van der Waals surface area contributed by atoms with Gasteiger partial charge in [-0.15, -0.1) is 0 Å². The van der Waals surface area contributed by atoms with Crippen molar-refractivity contribution < 1.29 is 19.1 Å². The van der Waals surface area contributed by atoms with E-state index in [0.717, 1.165) is 0 Å². The van der Waals surface area contributed by atoms with Crippen molar-refractivity contribution in [1.29, 1.82) is 0 Å². The SMILES string of the molecule is CCOC(=O)c1ccc(N2C(=O)[C@H]3CC(C)=C(C)C[C@@H]3C2=O)cc1. The third-order valence-electron chi connectivity index (χ3n) is 4.98. The van der Waals surface area contributed by atoms with Crippen LogP contribution in [0.5, 0.6) is 0 Å². The molecule has 1 saturated heterocycles. The zero-order valence-corrected chi connectivity index (χ0v) is 14.2. The molecule has 0 saturated carbocycles. The number of nitrogens with zero attached hydrogens (tertiary/aromatic N) is 1. The molecule has 5 heteroatoms. The van der Waals surface area contributed by atoms with E-state index < -0.39 is 5.97 Å². The Morgan fingerprint density at radius 1 is 1.04 bits per heavy atom. The summed E-state index contributed by atoms with van der Waals surface area (Å²) < 4.78 is 4.94. The lowest BCUT2D eigenvalue weighted by Gasteiger charge is -2.23. The monoisotopic (exact) mass is 327 g/mol. The van der Waals surface area contributed by atoms with Crippen molar-refractivity contribution in [3.8, 4) is 0 Å². The molecule has 0 unspecified atom stereocenters. The normalized spacial score (nSPS) is 23.5. The molecule has 126 valence electrons. The number of rotatable bonds is 3. The fraction of sp³-hybridized carbons (Fsp3) is 0.421. The van der Waals surface area contributed by atoms with Crippen molar-refractivity contribution in [3.05, 3.63) is 41.0 Å². The maximum Gasteiger partial charge on any atom is 0.338 e. The summed E-state index contributed by atoms with van der Waals surface area (Å²) in [4.78, 5) is 38.4. The molecule has 3 rings (SSSR count). The second kappa shape index (κ2) is 6.23. The van der Waals surface area contributed by atoms with Crippen LogP contribution in [0.4, 0.5) is 5.69 Å². The molecule has 2 amide bonds. The van der Waals surface area contributed by atoms with Gasteiger partial charge in [0.1, 0.15) is 0 Å². The second-order valence-corrected chi connectivity index (χ2v) is 6.46. The Balaban J connectivity index is 1.85. The Kier molecular flexibility index (Phi) is 4.26. The molecule has 1 aromatic rings. The standard InChI is InChI=1S/C19H21NO4/c1-4-24-19(23)13-5-7-14(8-6-13)20-17(21)15-9-11(2)12(3)10-16(15)18(20)22/h5-8,15-16H,4,9-10H2,1-3H3/t15-,16-/m0/s1. The van der Waals surface area contributed by atoms with Gasteiger partial charge in [-0.05, 0) is 57.9 Å². The van der Waals surface area contributed by atoms with Gasteiger partial charge >= 0.3 is 5.97 Å². The van der Waals surface area contributed by atoms with E-state index in [2.05, 4.69) is 0 Å². The minimum atomic E-state index is -0.410. The Hall–Kier alpha value is -2.43. The predicted octanol–water partition coefficient (Wildman–Crippen LogP) is 3.10. The van der Waals surface area contributed by atoms with Crippen LogP contribution in [0, 0.1) is 11.8 Å². The van der Waals surface area contributed by atoms with Crippen molar-refractivity contribution in [2.24, 2.45) is 11.8 Å². The van der Waals surface area contributed by atoms with E-state index in [1.165, 1.54) is 16.0 Å². The van der Waals surface area contributed by atoms with Crippen LogP contribution in [0.2, 0.25) is 0 Å². The molecule has 0 radical (unpaired) electrons. The van der Waals surface area contributed by atoms with E-state index in [1.807, 2.05) is 13.8 Å². The Bertz CT molecular complexity index is 700. The summed E-state index contributed by atoms with van der Waals surface area (Å²) in [5.41, 5.74) is 3.34. The molecule has 1 aliphatic heterocycles. The number of fused-ring (bicyclic) bond motifs is 1. The van der Waals surface area contributed by atoms with Crippen molar-refractivity contribution in [3.63, 3.8) is 0 Å². The van der Waals surface area contributed by atoms with E-state index in [1.54, 1.807) is 31.2 Å². The Morgan fingerprint density at radius 2 is 1.54 bits per heavy atom. The van der Waals surface area contributed by atoms with Crippen molar-refractivity contribution >= 4 is 23.5 Å². The molecule has 2 aliphatic rings. The highest BCUT2D eigenvalue weighted by Crippen LogP contribution is 2.42. The lowest BCUT2D eigenvalue weighted by molar-refractivity contribution is -0.122. The average molecular weight is 327 g/mol. The van der Waals surface area contributed by atoms with Gasteiger partial charge in [0.05, 0.1) is 29.7 Å². The van der Waals surface area contributed by atoms with Gasteiger partial charge < -0.3 is 4.74 Å². The lowest BCUT2D eigenvalue weighted by atomic mass is 9.78. The predicted molar refractivity (Wildman–Crippen MR) is 89.5 cm³/mol. The highest BCUT2D eigenvalue weighted by Gasteiger charge is 2.49. The van der Waals surface area contributed by atoms with E-state index in [4.69, 9.17) is 4.74 Å². The molecule has 1 aliphatic carbocycles. The molecule has 0 spiro atoms. The van der Waals surface area contributed by atoms with Crippen molar-refractivity contribution in [2.75, 3.05) is 11.5 Å². The lowest BCUT2D eigenvalue weighted by Crippen LogP contribution is -2.30. The Morgan fingerprint density at radius 3 is 2.00 bits per heavy atom. The highest BCUT2D eigenvalue weighted by molar-refractivity contribution is 6.22. The molecule has 2 atom stereocenters. The maximum absolute atomic E-state index is 12.7. The number of anilines is 1. The number of carbonyl (C=O) groups is 3. The summed E-state index contributed by atoms with van der Waals surface area (Å²) in [6, 6.07) is 6.44. The minimum Gasteiger partial charge on any atom is -0.462 e. The van der Waals surface area contributed by atoms with Gasteiger partial charge in [-0.2, -0.15) is 0 Å². The largest absolute Gasteiger partial charge is 0.462 e. The number of hydrogen-bond donors (Lipinski definition) is 0. The molecule has 0 aromatic heterocycles. The van der Waals surface area contributed by atoms with Gasteiger partial charge in [-0.3, -0.25) is 14.5 Å². The van der Waals surface area contributed by atoms with Gasteiger partial charge in [0.2, 0.25) is 11.8 Å². The first-order valence-electron chi connectivity index (χ1n) is 8.24. The molecule has 1 fully saturated rings. The number of amides is 2. The summed E-state index contributed by atoms with van der Waals surface area (Å²) in [7, 11) is 0. The third-order valence-corrected chi connectivity index (χ3v) is 4.98. The zero-order valence-electron chi connectivity index (χ0n) is 14.2. The summed E-state index contributed by atoms with van der Waals surface area (Å²) in [5, 5.41) is 0. The van der Waals surface area contributed by atoms with Crippen LogP contribution in [0.1, 0.15) is 44.0 Å². The van der Waals surface area contributed by atoms with Crippen LogP contribution in [-0.2, 0) is 14.3 Å². The third kappa shape index (κ3) is 2.64. The van der Waals surface area contributed by atoms with E-state index in [9.17, 15) is 14.4 Å². The minimum absolute atomic E-state index is 0.138. The summed E-state index contributed by atoms with van der Waals surface area (Å²) in [6.07, 6.45) is 1.30. The number of allylic oxidation sites excluding steroid dienone is 2. The first-order chi connectivity index (χ1) is 11.4. The fourth-order valence-corrected chi connectivity index (χ4v) is 3.47. The number of hydrogen-bond acceptors (Lipinski definition) is 4. The topological polar surface area (TPSA) is 63.7 Å². The summed E-state index contributed by atoms with van der Waals surface area (Å²) >= 11 is 0. The first kappa shape index (κ1) is 16.4. The van der Waals surface area contributed by atoms with Gasteiger partial charge in [0, 0.05) is 0 Å². The molecule has 1 aromatic carbocycles. The first-order valence-corrected chi connectivity index (χ1v) is 8.24. The molecular weight excluding hydrogens is 306 g/mol. The van der Waals surface area contributed by atoms with Crippen LogP contribution in [-0.4, -0.2) is 24.4 Å². The number of carbonyl (C=O) groups excluding carboxylic acids is 3. The second-order valence-electron chi connectivity index (χ2n) is 6.46. The zero-order chi connectivity index (χ0) is 17.4. The van der Waals surface area contributed by atoms with Crippen molar-refractivity contribution in [1.82, 2.24) is 0 Å². The van der Waals surface area contributed by atoms with Crippen LogP contribution >= 0.6 is 0 Å². The van der Waals surface area contributed by atoms with Crippen molar-refractivity contribution in [2.45, 2.75) is 33.6 Å². The Labute approximate surface area is 141 Å². The number of esters is 1. The molecule has 1 heterocycles. The number of benzene rings is 1. The van der Waals surface area contributed by atoms with E-state index in [0.29, 0.717) is 30.7 Å². The number of ether oxygens (including phenoxy) is 1. The fourth-order valence-electron chi connectivity index (χ4n) is 3.47. The molecule has 0 bridgehead atoms. The van der Waals surface area contributed by atoms with E-state index in [-0.39, 0.29) is 23.7 Å². The van der Waals surface area contributed by atoms with E-state index >= 15 is 0 Å². The average Bonchev–Trinajstić information content (AvgIpc) is 2.79. The maximum atomic E-state index is 12.7. The summed E-state index contributed by atoms with van der Waals surface area (Å²) in [5.74, 6) is -1.20. The van der Waals surface area contributed by atoms with Crippen LogP contribution in [0.15, 0.2) is 35.4 Å². The quantitative estimate of drug-likeness (QED) is 0.486.